The molecule has 120 valence electrons. The monoisotopic (exact) mass is 329 g/mol. The Balaban J connectivity index is 1.92. The average molecular weight is 329 g/mol. The highest BCUT2D eigenvalue weighted by atomic mass is 32.2. The van der Waals surface area contributed by atoms with Gasteiger partial charge in [0.1, 0.15) is 5.82 Å². The van der Waals surface area contributed by atoms with E-state index in [4.69, 9.17) is 0 Å². The van der Waals surface area contributed by atoms with E-state index < -0.39 is 10.0 Å². The first-order valence-corrected chi connectivity index (χ1v) is 8.92. The molecule has 3 rings (SSSR count). The van der Waals surface area contributed by atoms with Crippen LogP contribution in [-0.2, 0) is 10.0 Å². The van der Waals surface area contributed by atoms with Crippen molar-refractivity contribution in [2.24, 2.45) is 0 Å². The molecule has 0 unspecified atom stereocenters. The van der Waals surface area contributed by atoms with Gasteiger partial charge >= 0.3 is 0 Å². The predicted molar refractivity (Wildman–Crippen MR) is 92.2 cm³/mol. The number of nitrogens with one attached hydrogen (secondary N) is 2. The summed E-state index contributed by atoms with van der Waals surface area (Å²) in [6, 6.07) is 12.1. The number of hydrogen-bond acceptors (Lipinski definition) is 3. The standard InChI is InChI=1S/C17H19N3O2S/c1-11(2)17-18-15-9-6-13(10-16(15)19-17)20-23(21,22)14-7-4-12(3)5-8-14/h4-11,20H,1-3H3,(H,18,19). The Labute approximate surface area is 135 Å². The van der Waals surface area contributed by atoms with Gasteiger partial charge in [-0.25, -0.2) is 13.4 Å². The van der Waals surface area contributed by atoms with Crippen molar-refractivity contribution < 1.29 is 8.42 Å². The van der Waals surface area contributed by atoms with Crippen molar-refractivity contribution in [1.82, 2.24) is 9.97 Å². The summed E-state index contributed by atoms with van der Waals surface area (Å²) in [6.45, 7) is 6.03. The van der Waals surface area contributed by atoms with Crippen molar-refractivity contribution in [3.8, 4) is 0 Å². The van der Waals surface area contributed by atoms with E-state index in [1.54, 1.807) is 36.4 Å². The molecule has 0 aliphatic heterocycles. The molecule has 1 heterocycles. The van der Waals surface area contributed by atoms with Gasteiger partial charge in [0.25, 0.3) is 10.0 Å². The SMILES string of the molecule is Cc1ccc(S(=O)(=O)Nc2ccc3nc(C(C)C)[nH]c3c2)cc1. The molecule has 0 saturated carbocycles. The van der Waals surface area contributed by atoms with E-state index in [1.165, 1.54) is 0 Å². The van der Waals surface area contributed by atoms with Gasteiger partial charge in [-0.2, -0.15) is 0 Å². The zero-order valence-electron chi connectivity index (χ0n) is 13.3. The van der Waals surface area contributed by atoms with Crippen LogP contribution in [0, 0.1) is 6.92 Å². The van der Waals surface area contributed by atoms with Crippen molar-refractivity contribution >= 4 is 26.7 Å². The summed E-state index contributed by atoms with van der Waals surface area (Å²) in [6.07, 6.45) is 0. The van der Waals surface area contributed by atoms with E-state index in [2.05, 4.69) is 28.5 Å². The van der Waals surface area contributed by atoms with Gasteiger partial charge in [0.15, 0.2) is 0 Å². The Kier molecular flexibility index (Phi) is 3.85. The second-order valence-electron chi connectivity index (χ2n) is 5.93. The Hall–Kier alpha value is -2.34. The molecule has 0 fully saturated rings. The number of H-pyrrole nitrogens is 1. The lowest BCUT2D eigenvalue weighted by Gasteiger charge is -2.08. The van der Waals surface area contributed by atoms with Crippen LogP contribution < -0.4 is 4.72 Å². The number of anilines is 1. The first-order valence-electron chi connectivity index (χ1n) is 7.44. The van der Waals surface area contributed by atoms with Crippen LogP contribution in [0.5, 0.6) is 0 Å². The highest BCUT2D eigenvalue weighted by Crippen LogP contribution is 2.22. The Morgan fingerprint density at radius 1 is 1.09 bits per heavy atom. The molecule has 5 nitrogen and oxygen atoms in total. The number of benzene rings is 2. The first kappa shape index (κ1) is 15.6. The van der Waals surface area contributed by atoms with E-state index in [0.717, 1.165) is 22.4 Å². The molecule has 6 heteroatoms. The van der Waals surface area contributed by atoms with E-state index in [9.17, 15) is 8.42 Å². The van der Waals surface area contributed by atoms with Crippen molar-refractivity contribution in [2.45, 2.75) is 31.6 Å². The quantitative estimate of drug-likeness (QED) is 0.764. The second-order valence-corrected chi connectivity index (χ2v) is 7.61. The largest absolute Gasteiger partial charge is 0.342 e. The molecule has 0 atom stereocenters. The van der Waals surface area contributed by atoms with Gasteiger partial charge in [0, 0.05) is 5.92 Å². The highest BCUT2D eigenvalue weighted by molar-refractivity contribution is 7.92. The van der Waals surface area contributed by atoms with Crippen LogP contribution in [0.1, 0.15) is 31.2 Å². The summed E-state index contributed by atoms with van der Waals surface area (Å²) in [7, 11) is -3.59. The van der Waals surface area contributed by atoms with Gasteiger partial charge in [-0.15, -0.1) is 0 Å². The number of sulfonamides is 1. The number of aromatic nitrogens is 2. The number of rotatable bonds is 4. The zero-order chi connectivity index (χ0) is 16.6. The third-order valence-corrected chi connectivity index (χ3v) is 5.03. The number of aromatic amines is 1. The molecule has 0 saturated heterocycles. The summed E-state index contributed by atoms with van der Waals surface area (Å²) in [5, 5.41) is 0. The predicted octanol–water partition coefficient (Wildman–Crippen LogP) is 3.80. The lowest BCUT2D eigenvalue weighted by molar-refractivity contribution is 0.601. The molecule has 2 N–H and O–H groups in total. The highest BCUT2D eigenvalue weighted by Gasteiger charge is 2.14. The van der Waals surface area contributed by atoms with Gasteiger partial charge in [0.2, 0.25) is 0 Å². The maximum atomic E-state index is 12.4. The fourth-order valence-electron chi connectivity index (χ4n) is 2.30. The number of aryl methyl sites for hydroxylation is 1. The minimum atomic E-state index is -3.59. The van der Waals surface area contributed by atoms with Gasteiger partial charge in [-0.05, 0) is 37.3 Å². The maximum absolute atomic E-state index is 12.4. The number of hydrogen-bond donors (Lipinski definition) is 2. The Morgan fingerprint density at radius 3 is 2.43 bits per heavy atom. The molecule has 2 aromatic carbocycles. The van der Waals surface area contributed by atoms with Gasteiger partial charge in [-0.3, -0.25) is 4.72 Å². The molecule has 0 amide bonds. The van der Waals surface area contributed by atoms with Crippen LogP contribution in [0.2, 0.25) is 0 Å². The molecular weight excluding hydrogens is 310 g/mol. The summed E-state index contributed by atoms with van der Waals surface area (Å²) in [5.74, 6) is 1.17. The summed E-state index contributed by atoms with van der Waals surface area (Å²) >= 11 is 0. The minimum Gasteiger partial charge on any atom is -0.342 e. The Bertz CT molecular complexity index is 942. The summed E-state index contributed by atoms with van der Waals surface area (Å²) < 4.78 is 27.5. The lowest BCUT2D eigenvalue weighted by atomic mass is 10.2. The lowest BCUT2D eigenvalue weighted by Crippen LogP contribution is -2.12. The molecule has 3 aromatic rings. The second kappa shape index (κ2) is 5.70. The van der Waals surface area contributed by atoms with Crippen LogP contribution in [-0.4, -0.2) is 18.4 Å². The third kappa shape index (κ3) is 3.22. The van der Waals surface area contributed by atoms with Gasteiger partial charge in [0.05, 0.1) is 21.6 Å². The molecule has 1 aromatic heterocycles. The van der Waals surface area contributed by atoms with E-state index >= 15 is 0 Å². The third-order valence-electron chi connectivity index (χ3n) is 3.63. The molecule has 23 heavy (non-hydrogen) atoms. The smallest absolute Gasteiger partial charge is 0.261 e. The molecule has 0 radical (unpaired) electrons. The van der Waals surface area contributed by atoms with Crippen LogP contribution >= 0.6 is 0 Å². The fourth-order valence-corrected chi connectivity index (χ4v) is 3.35. The molecular formula is C17H19N3O2S. The van der Waals surface area contributed by atoms with Crippen LogP contribution in [0.15, 0.2) is 47.4 Å². The van der Waals surface area contributed by atoms with Gasteiger partial charge in [-0.1, -0.05) is 31.5 Å². The van der Waals surface area contributed by atoms with Crippen LogP contribution in [0.4, 0.5) is 5.69 Å². The number of imidazole rings is 1. The molecule has 0 aliphatic rings. The average Bonchev–Trinajstić information content (AvgIpc) is 2.90. The van der Waals surface area contributed by atoms with E-state index in [0.29, 0.717) is 5.69 Å². The normalized spacial score (nSPS) is 12.0. The zero-order valence-corrected chi connectivity index (χ0v) is 14.1. The molecule has 0 bridgehead atoms. The molecule has 0 aliphatic carbocycles. The summed E-state index contributed by atoms with van der Waals surface area (Å²) in [5.41, 5.74) is 3.17. The van der Waals surface area contributed by atoms with E-state index in [1.807, 2.05) is 13.0 Å². The van der Waals surface area contributed by atoms with Gasteiger partial charge < -0.3 is 4.98 Å². The van der Waals surface area contributed by atoms with Crippen molar-refractivity contribution in [3.63, 3.8) is 0 Å². The summed E-state index contributed by atoms with van der Waals surface area (Å²) in [4.78, 5) is 7.95. The van der Waals surface area contributed by atoms with Crippen molar-refractivity contribution in [2.75, 3.05) is 4.72 Å². The topological polar surface area (TPSA) is 74.8 Å². The Morgan fingerprint density at radius 2 is 1.78 bits per heavy atom. The maximum Gasteiger partial charge on any atom is 0.261 e. The fraction of sp³-hybridized carbons (Fsp3) is 0.235. The minimum absolute atomic E-state index is 0.246. The van der Waals surface area contributed by atoms with Crippen LogP contribution in [0.25, 0.3) is 11.0 Å². The van der Waals surface area contributed by atoms with Crippen molar-refractivity contribution in [3.05, 3.63) is 53.9 Å². The number of fused-ring (bicyclic) bond motifs is 1. The van der Waals surface area contributed by atoms with Crippen molar-refractivity contribution in [1.29, 1.82) is 0 Å². The first-order chi connectivity index (χ1) is 10.8. The van der Waals surface area contributed by atoms with E-state index in [-0.39, 0.29) is 10.8 Å². The molecule has 0 spiro atoms. The number of nitrogens with zero attached hydrogens (tertiary/aromatic N) is 1. The van der Waals surface area contributed by atoms with Crippen LogP contribution in [0.3, 0.4) is 0 Å².